The van der Waals surface area contributed by atoms with Crippen LogP contribution >= 0.6 is 0 Å². The van der Waals surface area contributed by atoms with Crippen LogP contribution in [0.3, 0.4) is 0 Å². The predicted octanol–water partition coefficient (Wildman–Crippen LogP) is 3.13. The summed E-state index contributed by atoms with van der Waals surface area (Å²) in [6.45, 7) is 3.09. The third-order valence-electron chi connectivity index (χ3n) is 4.69. The van der Waals surface area contributed by atoms with E-state index in [1.165, 1.54) is 17.6 Å². The Hall–Kier alpha value is -2.20. The molecule has 3 heterocycles. The maximum Gasteiger partial charge on any atom is 0.108 e. The van der Waals surface area contributed by atoms with E-state index in [-0.39, 0.29) is 0 Å². The summed E-state index contributed by atoms with van der Waals surface area (Å²) in [6, 6.07) is 12.6. The number of aryl methyl sites for hydroxylation is 1. The van der Waals surface area contributed by atoms with Gasteiger partial charge in [-0.25, -0.2) is 4.98 Å². The number of para-hydroxylation sites is 1. The first kappa shape index (κ1) is 14.4. The van der Waals surface area contributed by atoms with Gasteiger partial charge >= 0.3 is 0 Å². The largest absolute Gasteiger partial charge is 0.335 e. The highest BCUT2D eigenvalue weighted by Gasteiger charge is 2.20. The Morgan fingerprint density at radius 2 is 2.13 bits per heavy atom. The number of benzene rings is 1. The van der Waals surface area contributed by atoms with Gasteiger partial charge in [-0.3, -0.25) is 4.98 Å². The number of hydrogen-bond donors (Lipinski definition) is 0. The minimum atomic E-state index is 0.696. The molecule has 0 radical (unpaired) electrons. The van der Waals surface area contributed by atoms with Crippen molar-refractivity contribution in [2.45, 2.75) is 25.9 Å². The second kappa shape index (κ2) is 6.13. The lowest BCUT2D eigenvalue weighted by molar-refractivity contribution is 0.227. The van der Waals surface area contributed by atoms with Gasteiger partial charge in [0.2, 0.25) is 0 Å². The molecule has 1 aromatic carbocycles. The summed E-state index contributed by atoms with van der Waals surface area (Å²) in [5, 5.41) is 1.21. The summed E-state index contributed by atoms with van der Waals surface area (Å²) in [5.41, 5.74) is 2.23. The van der Waals surface area contributed by atoms with E-state index >= 15 is 0 Å². The first-order valence-electron chi connectivity index (χ1n) is 8.31. The Kier molecular flexibility index (Phi) is 3.83. The molecule has 4 rings (SSSR count). The van der Waals surface area contributed by atoms with Crippen molar-refractivity contribution in [2.24, 2.45) is 5.92 Å². The fourth-order valence-corrected chi connectivity index (χ4v) is 3.56. The number of pyridine rings is 1. The molecule has 1 aliphatic rings. The van der Waals surface area contributed by atoms with Crippen LogP contribution in [0.5, 0.6) is 0 Å². The molecule has 0 aliphatic carbocycles. The normalized spacial score (nSPS) is 17.6. The number of aromatic nitrogens is 3. The van der Waals surface area contributed by atoms with Gasteiger partial charge in [0.25, 0.3) is 0 Å². The molecule has 0 spiro atoms. The summed E-state index contributed by atoms with van der Waals surface area (Å²) in [6.07, 6.45) is 6.35. The molecule has 2 aromatic heterocycles. The van der Waals surface area contributed by atoms with Crippen molar-refractivity contribution >= 4 is 10.9 Å². The lowest BCUT2D eigenvalue weighted by Crippen LogP contribution is -2.31. The van der Waals surface area contributed by atoms with Crippen molar-refractivity contribution in [3.05, 3.63) is 60.3 Å². The Balaban J connectivity index is 1.40. The van der Waals surface area contributed by atoms with Gasteiger partial charge in [-0.05, 0) is 31.5 Å². The van der Waals surface area contributed by atoms with Gasteiger partial charge < -0.3 is 9.47 Å². The molecule has 0 unspecified atom stereocenters. The van der Waals surface area contributed by atoms with Crippen LogP contribution in [0.15, 0.2) is 48.8 Å². The van der Waals surface area contributed by atoms with Crippen LogP contribution in [-0.2, 0) is 19.5 Å². The molecular formula is C19H22N4. The van der Waals surface area contributed by atoms with Gasteiger partial charge in [-0.1, -0.05) is 24.3 Å². The smallest absolute Gasteiger partial charge is 0.108 e. The molecule has 0 bridgehead atoms. The standard InChI is InChI=1S/C19H22N4/c1-22(12-15-6-9-19-20-10-11-23(19)13-15)14-17-8-7-16-4-2-3-5-18(16)21-17/h2-5,7-8,10-11,15H,6,9,12-14H2,1H3/t15-/m1/s1. The SMILES string of the molecule is CN(Cc1ccc2ccccc2n1)C[C@H]1CCc2nccn2C1. The number of fused-ring (bicyclic) bond motifs is 2. The molecular weight excluding hydrogens is 284 g/mol. The van der Waals surface area contributed by atoms with Crippen LogP contribution in [-0.4, -0.2) is 33.0 Å². The second-order valence-electron chi connectivity index (χ2n) is 6.59. The van der Waals surface area contributed by atoms with Gasteiger partial charge in [-0.2, -0.15) is 0 Å². The fraction of sp³-hybridized carbons (Fsp3) is 0.368. The molecule has 0 amide bonds. The average Bonchev–Trinajstić information content (AvgIpc) is 3.02. The summed E-state index contributed by atoms with van der Waals surface area (Å²) >= 11 is 0. The highest BCUT2D eigenvalue weighted by molar-refractivity contribution is 5.78. The molecule has 4 nitrogen and oxygen atoms in total. The van der Waals surface area contributed by atoms with E-state index in [0.29, 0.717) is 5.92 Å². The van der Waals surface area contributed by atoms with Crippen molar-refractivity contribution in [3.8, 4) is 0 Å². The zero-order chi connectivity index (χ0) is 15.6. The van der Waals surface area contributed by atoms with E-state index < -0.39 is 0 Å². The predicted molar refractivity (Wildman–Crippen MR) is 92.1 cm³/mol. The number of nitrogens with zero attached hydrogens (tertiary/aromatic N) is 4. The van der Waals surface area contributed by atoms with Crippen LogP contribution in [0.25, 0.3) is 10.9 Å². The zero-order valence-corrected chi connectivity index (χ0v) is 13.5. The van der Waals surface area contributed by atoms with E-state index in [1.54, 1.807) is 0 Å². The minimum absolute atomic E-state index is 0.696. The van der Waals surface area contributed by atoms with Crippen LogP contribution in [0.2, 0.25) is 0 Å². The molecule has 4 heteroatoms. The van der Waals surface area contributed by atoms with E-state index in [9.17, 15) is 0 Å². The Morgan fingerprint density at radius 1 is 1.22 bits per heavy atom. The fourth-order valence-electron chi connectivity index (χ4n) is 3.56. The van der Waals surface area contributed by atoms with Crippen LogP contribution in [0.1, 0.15) is 17.9 Å². The van der Waals surface area contributed by atoms with Crippen molar-refractivity contribution in [1.82, 2.24) is 19.4 Å². The zero-order valence-electron chi connectivity index (χ0n) is 13.5. The van der Waals surface area contributed by atoms with Gasteiger partial charge in [-0.15, -0.1) is 0 Å². The molecule has 1 aliphatic heterocycles. The average molecular weight is 306 g/mol. The van der Waals surface area contributed by atoms with Crippen molar-refractivity contribution in [3.63, 3.8) is 0 Å². The second-order valence-corrected chi connectivity index (χ2v) is 6.59. The third kappa shape index (κ3) is 3.13. The first-order valence-corrected chi connectivity index (χ1v) is 8.31. The van der Waals surface area contributed by atoms with E-state index in [2.05, 4.69) is 58.0 Å². The molecule has 3 aromatic rings. The number of hydrogen-bond acceptors (Lipinski definition) is 3. The highest BCUT2D eigenvalue weighted by Crippen LogP contribution is 2.20. The third-order valence-corrected chi connectivity index (χ3v) is 4.69. The maximum absolute atomic E-state index is 4.78. The number of rotatable bonds is 4. The van der Waals surface area contributed by atoms with Gasteiger partial charge in [0.05, 0.1) is 11.2 Å². The van der Waals surface area contributed by atoms with E-state index in [1.807, 2.05) is 12.3 Å². The van der Waals surface area contributed by atoms with Crippen LogP contribution in [0, 0.1) is 5.92 Å². The molecule has 23 heavy (non-hydrogen) atoms. The molecule has 0 saturated carbocycles. The summed E-state index contributed by atoms with van der Waals surface area (Å²) in [7, 11) is 2.19. The van der Waals surface area contributed by atoms with Gasteiger partial charge in [0.1, 0.15) is 5.82 Å². The number of imidazole rings is 1. The quantitative estimate of drug-likeness (QED) is 0.742. The molecule has 0 fully saturated rings. The lowest BCUT2D eigenvalue weighted by Gasteiger charge is -2.28. The van der Waals surface area contributed by atoms with E-state index in [0.717, 1.165) is 37.3 Å². The van der Waals surface area contributed by atoms with Crippen LogP contribution in [0.4, 0.5) is 0 Å². The molecule has 1 atom stereocenters. The van der Waals surface area contributed by atoms with Crippen molar-refractivity contribution < 1.29 is 0 Å². The minimum Gasteiger partial charge on any atom is -0.335 e. The van der Waals surface area contributed by atoms with Crippen LogP contribution < -0.4 is 0 Å². The van der Waals surface area contributed by atoms with Gasteiger partial charge in [0.15, 0.2) is 0 Å². The first-order chi connectivity index (χ1) is 11.3. The summed E-state index contributed by atoms with van der Waals surface area (Å²) in [5.74, 6) is 1.93. The Morgan fingerprint density at radius 3 is 3.09 bits per heavy atom. The van der Waals surface area contributed by atoms with Gasteiger partial charge in [0, 0.05) is 43.8 Å². The molecule has 0 saturated heterocycles. The van der Waals surface area contributed by atoms with Crippen molar-refractivity contribution in [2.75, 3.05) is 13.6 Å². The topological polar surface area (TPSA) is 34.0 Å². The molecule has 0 N–H and O–H groups in total. The summed E-state index contributed by atoms with van der Waals surface area (Å²) < 4.78 is 2.30. The van der Waals surface area contributed by atoms with Crippen molar-refractivity contribution in [1.29, 1.82) is 0 Å². The molecule has 118 valence electrons. The van der Waals surface area contributed by atoms with E-state index in [4.69, 9.17) is 4.98 Å². The lowest BCUT2D eigenvalue weighted by atomic mass is 9.99. The highest BCUT2D eigenvalue weighted by atomic mass is 15.1. The Labute approximate surface area is 136 Å². The summed E-state index contributed by atoms with van der Waals surface area (Å²) in [4.78, 5) is 11.6. The monoisotopic (exact) mass is 306 g/mol. The Bertz CT molecular complexity index is 808. The maximum atomic E-state index is 4.78.